The molecule has 118 valence electrons. The maximum Gasteiger partial charge on any atom is 0.222 e. The Morgan fingerprint density at radius 3 is 2.65 bits per heavy atom. The molecular weight excluding hydrogens is 300 g/mol. The molecule has 0 aliphatic carbocycles. The van der Waals surface area contributed by atoms with E-state index in [1.165, 1.54) is 0 Å². The molecule has 2 aliphatic rings. The lowest BCUT2D eigenvalue weighted by molar-refractivity contribution is -0.131. The quantitative estimate of drug-likeness (QED) is 0.835. The van der Waals surface area contributed by atoms with Gasteiger partial charge < -0.3 is 10.2 Å². The Hall–Kier alpha value is -0.330. The SMILES string of the molecule is CC1(C)CN(C(=O)CCC2CCNC2)CCS1(=O)=O.Cl. The van der Waals surface area contributed by atoms with Gasteiger partial charge in [-0.15, -0.1) is 12.4 Å². The van der Waals surface area contributed by atoms with E-state index in [2.05, 4.69) is 5.32 Å². The maximum absolute atomic E-state index is 12.2. The van der Waals surface area contributed by atoms with Crippen molar-refractivity contribution in [3.05, 3.63) is 0 Å². The van der Waals surface area contributed by atoms with Crippen molar-refractivity contribution in [3.8, 4) is 0 Å². The number of halogens is 1. The van der Waals surface area contributed by atoms with Crippen LogP contribution in [0.2, 0.25) is 0 Å². The molecule has 1 unspecified atom stereocenters. The lowest BCUT2D eigenvalue weighted by Gasteiger charge is -2.37. The Morgan fingerprint density at radius 2 is 2.10 bits per heavy atom. The van der Waals surface area contributed by atoms with E-state index in [4.69, 9.17) is 0 Å². The number of amides is 1. The molecule has 2 aliphatic heterocycles. The summed E-state index contributed by atoms with van der Waals surface area (Å²) in [7, 11) is -3.06. The summed E-state index contributed by atoms with van der Waals surface area (Å²) >= 11 is 0. The highest BCUT2D eigenvalue weighted by molar-refractivity contribution is 7.92. The Kier molecular flexibility index (Phi) is 5.87. The van der Waals surface area contributed by atoms with Crippen LogP contribution in [0.1, 0.15) is 33.1 Å². The van der Waals surface area contributed by atoms with Crippen LogP contribution in [0.3, 0.4) is 0 Å². The molecule has 2 fully saturated rings. The van der Waals surface area contributed by atoms with Gasteiger partial charge in [0, 0.05) is 19.5 Å². The number of sulfone groups is 1. The van der Waals surface area contributed by atoms with Crippen molar-refractivity contribution in [2.24, 2.45) is 5.92 Å². The molecule has 1 atom stereocenters. The van der Waals surface area contributed by atoms with Crippen LogP contribution in [-0.4, -0.2) is 55.9 Å². The zero-order valence-electron chi connectivity index (χ0n) is 12.2. The molecule has 2 saturated heterocycles. The van der Waals surface area contributed by atoms with Gasteiger partial charge in [-0.1, -0.05) is 0 Å². The molecular formula is C13H25ClN2O3S. The third-order valence-electron chi connectivity index (χ3n) is 4.33. The molecule has 7 heteroatoms. The molecule has 0 aromatic heterocycles. The number of hydrogen-bond donors (Lipinski definition) is 1. The molecule has 0 spiro atoms. The molecule has 0 aromatic carbocycles. The average molecular weight is 325 g/mol. The Balaban J connectivity index is 0.00000200. The van der Waals surface area contributed by atoms with E-state index < -0.39 is 14.6 Å². The average Bonchev–Trinajstić information content (AvgIpc) is 2.82. The summed E-state index contributed by atoms with van der Waals surface area (Å²) in [4.78, 5) is 13.9. The third-order valence-corrected chi connectivity index (χ3v) is 6.86. The van der Waals surface area contributed by atoms with Crippen molar-refractivity contribution in [1.82, 2.24) is 10.2 Å². The first-order chi connectivity index (χ1) is 8.82. The molecule has 20 heavy (non-hydrogen) atoms. The monoisotopic (exact) mass is 324 g/mol. The zero-order valence-corrected chi connectivity index (χ0v) is 13.9. The van der Waals surface area contributed by atoms with Crippen molar-refractivity contribution in [3.63, 3.8) is 0 Å². The number of rotatable bonds is 3. The highest BCUT2D eigenvalue weighted by atomic mass is 35.5. The fourth-order valence-electron chi connectivity index (χ4n) is 2.80. The Bertz CT molecular complexity index is 445. The maximum atomic E-state index is 12.2. The summed E-state index contributed by atoms with van der Waals surface area (Å²) < 4.78 is 23.0. The van der Waals surface area contributed by atoms with E-state index in [1.54, 1.807) is 18.7 Å². The van der Waals surface area contributed by atoms with E-state index in [9.17, 15) is 13.2 Å². The minimum atomic E-state index is -3.06. The smallest absolute Gasteiger partial charge is 0.222 e. The van der Waals surface area contributed by atoms with Gasteiger partial charge in [0.1, 0.15) is 0 Å². The van der Waals surface area contributed by atoms with Crippen molar-refractivity contribution >= 4 is 28.2 Å². The normalized spacial score (nSPS) is 27.9. The molecule has 0 aromatic rings. The second kappa shape index (κ2) is 6.62. The van der Waals surface area contributed by atoms with Gasteiger partial charge in [-0.25, -0.2) is 8.42 Å². The molecule has 2 rings (SSSR count). The van der Waals surface area contributed by atoms with E-state index in [1.807, 2.05) is 0 Å². The predicted molar refractivity (Wildman–Crippen MR) is 81.9 cm³/mol. The topological polar surface area (TPSA) is 66.5 Å². The van der Waals surface area contributed by atoms with E-state index in [0.717, 1.165) is 25.9 Å². The predicted octanol–water partition coefficient (Wildman–Crippen LogP) is 0.833. The van der Waals surface area contributed by atoms with Gasteiger partial charge in [-0.05, 0) is 45.7 Å². The summed E-state index contributed by atoms with van der Waals surface area (Å²) in [6.45, 7) is 6.16. The highest BCUT2D eigenvalue weighted by Crippen LogP contribution is 2.25. The molecule has 1 N–H and O–H groups in total. The number of nitrogens with one attached hydrogen (secondary N) is 1. The molecule has 5 nitrogen and oxygen atoms in total. The number of hydrogen-bond acceptors (Lipinski definition) is 4. The standard InChI is InChI=1S/C13H24N2O3S.ClH/c1-13(2)10-15(7-8-19(13,17)18)12(16)4-3-11-5-6-14-9-11;/h11,14H,3-10H2,1-2H3;1H. The van der Waals surface area contributed by atoms with Crippen LogP contribution in [0.5, 0.6) is 0 Å². The third kappa shape index (κ3) is 3.86. The number of carbonyl (C=O) groups is 1. The van der Waals surface area contributed by atoms with E-state index >= 15 is 0 Å². The van der Waals surface area contributed by atoms with Gasteiger partial charge in [0.05, 0.1) is 10.5 Å². The second-order valence-corrected chi connectivity index (χ2v) is 9.03. The van der Waals surface area contributed by atoms with Crippen molar-refractivity contribution in [2.75, 3.05) is 31.9 Å². The number of nitrogens with zero attached hydrogens (tertiary/aromatic N) is 1. The van der Waals surface area contributed by atoms with Crippen molar-refractivity contribution < 1.29 is 13.2 Å². The summed E-state index contributed by atoms with van der Waals surface area (Å²) in [5, 5.41) is 3.30. The summed E-state index contributed by atoms with van der Waals surface area (Å²) in [6, 6.07) is 0. The minimum absolute atomic E-state index is 0. The van der Waals surface area contributed by atoms with Gasteiger partial charge in [-0.2, -0.15) is 0 Å². The second-order valence-electron chi connectivity index (χ2n) is 6.29. The first-order valence-electron chi connectivity index (χ1n) is 7.03. The molecule has 0 saturated carbocycles. The molecule has 2 heterocycles. The van der Waals surface area contributed by atoms with Gasteiger partial charge in [0.25, 0.3) is 0 Å². The van der Waals surface area contributed by atoms with Crippen LogP contribution in [0.25, 0.3) is 0 Å². The van der Waals surface area contributed by atoms with Gasteiger partial charge in [-0.3, -0.25) is 4.79 Å². The van der Waals surface area contributed by atoms with Crippen LogP contribution >= 0.6 is 12.4 Å². The van der Waals surface area contributed by atoms with Crippen LogP contribution < -0.4 is 5.32 Å². The Morgan fingerprint density at radius 1 is 1.40 bits per heavy atom. The largest absolute Gasteiger partial charge is 0.340 e. The van der Waals surface area contributed by atoms with Gasteiger partial charge >= 0.3 is 0 Å². The zero-order chi connectivity index (χ0) is 14.1. The highest BCUT2D eigenvalue weighted by Gasteiger charge is 2.41. The van der Waals surface area contributed by atoms with Crippen LogP contribution in [0.15, 0.2) is 0 Å². The van der Waals surface area contributed by atoms with Crippen LogP contribution in [-0.2, 0) is 14.6 Å². The fraction of sp³-hybridized carbons (Fsp3) is 0.923. The molecule has 1 amide bonds. The van der Waals surface area contributed by atoms with Gasteiger partial charge in [0.15, 0.2) is 9.84 Å². The minimum Gasteiger partial charge on any atom is -0.340 e. The van der Waals surface area contributed by atoms with Crippen LogP contribution in [0.4, 0.5) is 0 Å². The molecule has 0 bridgehead atoms. The fourth-order valence-corrected chi connectivity index (χ4v) is 4.17. The first kappa shape index (κ1) is 17.7. The van der Waals surface area contributed by atoms with E-state index in [-0.39, 0.29) is 24.1 Å². The summed E-state index contributed by atoms with van der Waals surface area (Å²) in [6.07, 6.45) is 2.60. The first-order valence-corrected chi connectivity index (χ1v) is 8.68. The molecule has 0 radical (unpaired) electrons. The lowest BCUT2D eigenvalue weighted by atomic mass is 10.0. The lowest BCUT2D eigenvalue weighted by Crippen LogP contribution is -2.54. The van der Waals surface area contributed by atoms with Crippen LogP contribution in [0, 0.1) is 5.92 Å². The Labute approximate surface area is 127 Å². The van der Waals surface area contributed by atoms with Crippen molar-refractivity contribution in [2.45, 2.75) is 37.9 Å². The number of carbonyl (C=O) groups excluding carboxylic acids is 1. The van der Waals surface area contributed by atoms with Crippen molar-refractivity contribution in [1.29, 1.82) is 0 Å². The van der Waals surface area contributed by atoms with Gasteiger partial charge in [0.2, 0.25) is 5.91 Å². The van der Waals surface area contributed by atoms with E-state index in [0.29, 0.717) is 25.4 Å². The summed E-state index contributed by atoms with van der Waals surface area (Å²) in [5.74, 6) is 0.803. The summed E-state index contributed by atoms with van der Waals surface area (Å²) in [5.41, 5.74) is 0.